The van der Waals surface area contributed by atoms with Crippen molar-refractivity contribution in [2.24, 2.45) is 11.7 Å². The van der Waals surface area contributed by atoms with E-state index in [0.29, 0.717) is 29.5 Å². The highest BCUT2D eigenvalue weighted by atomic mass is 35.5. The van der Waals surface area contributed by atoms with Gasteiger partial charge in [-0.2, -0.15) is 5.10 Å². The van der Waals surface area contributed by atoms with Gasteiger partial charge in [0.2, 0.25) is 5.91 Å². The van der Waals surface area contributed by atoms with Crippen molar-refractivity contribution in [2.45, 2.75) is 12.8 Å². The van der Waals surface area contributed by atoms with Crippen molar-refractivity contribution in [1.29, 1.82) is 0 Å². The zero-order valence-corrected chi connectivity index (χ0v) is 13.2. The second-order valence-corrected chi connectivity index (χ2v) is 6.05. The van der Waals surface area contributed by atoms with Crippen molar-refractivity contribution in [2.75, 3.05) is 13.1 Å². The highest BCUT2D eigenvalue weighted by Crippen LogP contribution is 2.27. The minimum Gasteiger partial charge on any atom is -0.369 e. The third kappa shape index (κ3) is 3.22. The van der Waals surface area contributed by atoms with E-state index in [-0.39, 0.29) is 17.7 Å². The van der Waals surface area contributed by atoms with Crippen LogP contribution in [0.1, 0.15) is 23.3 Å². The van der Waals surface area contributed by atoms with Gasteiger partial charge in [-0.1, -0.05) is 29.8 Å². The molecule has 1 unspecified atom stereocenters. The first kappa shape index (κ1) is 15.6. The molecule has 1 aromatic carbocycles. The van der Waals surface area contributed by atoms with Gasteiger partial charge in [-0.05, 0) is 25.0 Å². The number of likely N-dealkylation sites (tertiary alicyclic amines) is 1. The third-order valence-electron chi connectivity index (χ3n) is 4.07. The lowest BCUT2D eigenvalue weighted by Gasteiger charge is -2.30. The number of hydrogen-bond acceptors (Lipinski definition) is 3. The number of rotatable bonds is 3. The van der Waals surface area contributed by atoms with Crippen LogP contribution < -0.4 is 5.73 Å². The summed E-state index contributed by atoms with van der Waals surface area (Å²) in [4.78, 5) is 25.5. The predicted molar refractivity (Wildman–Crippen MR) is 86.9 cm³/mol. The van der Waals surface area contributed by atoms with Crippen molar-refractivity contribution in [3.8, 4) is 11.3 Å². The lowest BCUT2D eigenvalue weighted by molar-refractivity contribution is -0.123. The van der Waals surface area contributed by atoms with Crippen molar-refractivity contribution in [3.63, 3.8) is 0 Å². The summed E-state index contributed by atoms with van der Waals surface area (Å²) in [5.74, 6) is -0.815. The Morgan fingerprint density at radius 1 is 1.35 bits per heavy atom. The maximum absolute atomic E-state index is 12.6. The Morgan fingerprint density at radius 2 is 2.13 bits per heavy atom. The molecule has 2 aromatic rings. The summed E-state index contributed by atoms with van der Waals surface area (Å²) in [6.45, 7) is 0.970. The van der Waals surface area contributed by atoms with E-state index in [0.717, 1.165) is 18.4 Å². The van der Waals surface area contributed by atoms with Crippen LogP contribution in [0.3, 0.4) is 0 Å². The fourth-order valence-electron chi connectivity index (χ4n) is 2.80. The average molecular weight is 333 g/mol. The Bertz CT molecular complexity index is 743. The van der Waals surface area contributed by atoms with Crippen molar-refractivity contribution in [3.05, 3.63) is 41.0 Å². The fourth-order valence-corrected chi connectivity index (χ4v) is 3.03. The lowest BCUT2D eigenvalue weighted by atomic mass is 9.97. The summed E-state index contributed by atoms with van der Waals surface area (Å²) >= 11 is 6.15. The van der Waals surface area contributed by atoms with E-state index in [2.05, 4.69) is 10.2 Å². The van der Waals surface area contributed by atoms with Gasteiger partial charge in [0.05, 0.1) is 16.6 Å². The molecule has 0 saturated carbocycles. The normalized spacial score (nSPS) is 18.0. The maximum Gasteiger partial charge on any atom is 0.271 e. The second kappa shape index (κ2) is 6.42. The molecule has 3 N–H and O–H groups in total. The molecule has 120 valence electrons. The van der Waals surface area contributed by atoms with Gasteiger partial charge in [-0.25, -0.2) is 0 Å². The number of primary amides is 1. The summed E-state index contributed by atoms with van der Waals surface area (Å²) in [7, 11) is 0. The number of piperidine rings is 1. The minimum atomic E-state index is -0.358. The molecule has 23 heavy (non-hydrogen) atoms. The molecule has 3 rings (SSSR count). The monoisotopic (exact) mass is 332 g/mol. The number of nitrogens with one attached hydrogen (secondary N) is 1. The van der Waals surface area contributed by atoms with E-state index in [1.807, 2.05) is 18.2 Å². The topological polar surface area (TPSA) is 92.1 Å². The van der Waals surface area contributed by atoms with Gasteiger partial charge in [-0.3, -0.25) is 14.7 Å². The number of amides is 2. The smallest absolute Gasteiger partial charge is 0.271 e. The van der Waals surface area contributed by atoms with Gasteiger partial charge in [0.15, 0.2) is 0 Å². The second-order valence-electron chi connectivity index (χ2n) is 5.64. The van der Waals surface area contributed by atoms with E-state index in [1.54, 1.807) is 17.0 Å². The summed E-state index contributed by atoms with van der Waals surface area (Å²) < 4.78 is 0. The predicted octanol–water partition coefficient (Wildman–Crippen LogP) is 2.07. The number of carbonyl (C=O) groups excluding carboxylic acids is 2. The fraction of sp³-hybridized carbons (Fsp3) is 0.312. The number of halogens is 1. The summed E-state index contributed by atoms with van der Waals surface area (Å²) in [6.07, 6.45) is 1.50. The highest BCUT2D eigenvalue weighted by molar-refractivity contribution is 6.33. The largest absolute Gasteiger partial charge is 0.369 e. The number of aromatic nitrogens is 2. The van der Waals surface area contributed by atoms with E-state index in [1.165, 1.54) is 0 Å². The molecular formula is C16H17ClN4O2. The number of hydrogen-bond donors (Lipinski definition) is 2. The molecule has 2 heterocycles. The summed E-state index contributed by atoms with van der Waals surface area (Å²) in [6, 6.07) is 8.99. The molecule has 6 nitrogen and oxygen atoms in total. The van der Waals surface area contributed by atoms with Crippen LogP contribution in [0.15, 0.2) is 30.3 Å². The Hall–Kier alpha value is -2.34. The van der Waals surface area contributed by atoms with Crippen molar-refractivity contribution in [1.82, 2.24) is 15.1 Å². The van der Waals surface area contributed by atoms with Crippen LogP contribution in [-0.2, 0) is 4.79 Å². The molecule has 0 bridgehead atoms. The molecule has 0 aliphatic carbocycles. The first-order chi connectivity index (χ1) is 11.1. The zero-order chi connectivity index (χ0) is 16.4. The molecule has 1 aliphatic rings. The quantitative estimate of drug-likeness (QED) is 0.901. The number of nitrogens with two attached hydrogens (primary N) is 1. The number of aromatic amines is 1. The number of carbonyl (C=O) groups is 2. The zero-order valence-electron chi connectivity index (χ0n) is 12.5. The molecule has 0 spiro atoms. The van der Waals surface area contributed by atoms with Crippen LogP contribution in [0.25, 0.3) is 11.3 Å². The van der Waals surface area contributed by atoms with Crippen LogP contribution in [0, 0.1) is 5.92 Å². The molecule has 0 radical (unpaired) electrons. The number of H-pyrrole nitrogens is 1. The van der Waals surface area contributed by atoms with Crippen LogP contribution in [-0.4, -0.2) is 40.0 Å². The maximum atomic E-state index is 12.6. The molecule has 1 atom stereocenters. The third-order valence-corrected chi connectivity index (χ3v) is 4.40. The first-order valence-electron chi connectivity index (χ1n) is 7.45. The van der Waals surface area contributed by atoms with Gasteiger partial charge in [-0.15, -0.1) is 0 Å². The summed E-state index contributed by atoms with van der Waals surface area (Å²) in [5, 5.41) is 7.50. The Labute approximate surface area is 138 Å². The SMILES string of the molecule is NC(=O)C1CCCN(C(=O)c2cc(-c3ccccc3Cl)n[nH]2)C1. The lowest BCUT2D eigenvalue weighted by Crippen LogP contribution is -2.44. The average Bonchev–Trinajstić information content (AvgIpc) is 3.04. The minimum absolute atomic E-state index is 0.179. The molecule has 1 saturated heterocycles. The Kier molecular flexibility index (Phi) is 4.34. The van der Waals surface area contributed by atoms with E-state index >= 15 is 0 Å². The van der Waals surface area contributed by atoms with Gasteiger partial charge in [0.25, 0.3) is 5.91 Å². The number of benzene rings is 1. The van der Waals surface area contributed by atoms with Gasteiger partial charge in [0, 0.05) is 18.7 Å². The molecular weight excluding hydrogens is 316 g/mol. The van der Waals surface area contributed by atoms with Crippen molar-refractivity contribution >= 4 is 23.4 Å². The van der Waals surface area contributed by atoms with Crippen LogP contribution in [0.4, 0.5) is 0 Å². The van der Waals surface area contributed by atoms with Gasteiger partial charge >= 0.3 is 0 Å². The van der Waals surface area contributed by atoms with Crippen LogP contribution >= 0.6 is 11.6 Å². The van der Waals surface area contributed by atoms with E-state index in [9.17, 15) is 9.59 Å². The first-order valence-corrected chi connectivity index (χ1v) is 7.83. The number of nitrogens with zero attached hydrogens (tertiary/aromatic N) is 2. The summed E-state index contributed by atoms with van der Waals surface area (Å²) in [5.41, 5.74) is 7.11. The highest BCUT2D eigenvalue weighted by Gasteiger charge is 2.28. The van der Waals surface area contributed by atoms with Gasteiger partial charge < -0.3 is 10.6 Å². The van der Waals surface area contributed by atoms with Crippen LogP contribution in [0.5, 0.6) is 0 Å². The molecule has 1 aliphatic heterocycles. The van der Waals surface area contributed by atoms with E-state index < -0.39 is 0 Å². The molecule has 1 aromatic heterocycles. The van der Waals surface area contributed by atoms with Gasteiger partial charge in [0.1, 0.15) is 5.69 Å². The van der Waals surface area contributed by atoms with Crippen LogP contribution in [0.2, 0.25) is 5.02 Å². The molecule has 1 fully saturated rings. The molecule has 2 amide bonds. The Balaban J connectivity index is 1.79. The standard InChI is InChI=1S/C16H17ClN4O2/c17-12-6-2-1-5-11(12)13-8-14(20-19-13)16(23)21-7-3-4-10(9-21)15(18)22/h1-2,5-6,8,10H,3-4,7,9H2,(H2,18,22)(H,19,20). The molecule has 7 heteroatoms. The van der Waals surface area contributed by atoms with Crippen molar-refractivity contribution < 1.29 is 9.59 Å². The van der Waals surface area contributed by atoms with E-state index in [4.69, 9.17) is 17.3 Å². The Morgan fingerprint density at radius 3 is 2.87 bits per heavy atom.